The topological polar surface area (TPSA) is 9.86 Å². The van der Waals surface area contributed by atoms with Gasteiger partial charge in [0.05, 0.1) is 16.4 Å². The van der Waals surface area contributed by atoms with Crippen LogP contribution in [0, 0.1) is 0 Å². The maximum Gasteiger partial charge on any atom is 0.0543 e. The smallest absolute Gasteiger partial charge is 0.0543 e. The standard InChI is InChI=1S/C37H30N2/c1-2-13-30-31-18-9-11-20-34(31)38(28-14-5-3-6-15-28)36(30)25-23-27-22-24-33-32-19-10-12-21-35(32)39(37(33)26-27)29-16-7-4-8-17-29/h2-9,11,13-22,24-26H,1,10,12,23H2/b30-13-,36-25+. The van der Waals surface area contributed by atoms with Gasteiger partial charge in [-0.3, -0.25) is 0 Å². The lowest BCUT2D eigenvalue weighted by molar-refractivity contribution is 1.02. The van der Waals surface area contributed by atoms with Crippen LogP contribution in [-0.4, -0.2) is 9.13 Å². The van der Waals surface area contributed by atoms with Gasteiger partial charge in [-0.15, -0.1) is 0 Å². The second-order valence-electron chi connectivity index (χ2n) is 10.1. The number of aromatic nitrogens is 2. The largest absolute Gasteiger partial charge is 0.310 e. The van der Waals surface area contributed by atoms with Gasteiger partial charge in [-0.25, -0.2) is 0 Å². The summed E-state index contributed by atoms with van der Waals surface area (Å²) in [6.07, 6.45) is 14.2. The second kappa shape index (κ2) is 9.81. The van der Waals surface area contributed by atoms with Crippen molar-refractivity contribution in [2.45, 2.75) is 19.3 Å². The van der Waals surface area contributed by atoms with Crippen LogP contribution >= 0.6 is 0 Å². The molecule has 4 aromatic carbocycles. The zero-order valence-electron chi connectivity index (χ0n) is 21.9. The Morgan fingerprint density at radius 3 is 2.13 bits per heavy atom. The van der Waals surface area contributed by atoms with Crippen molar-refractivity contribution >= 4 is 46.1 Å². The zero-order valence-corrected chi connectivity index (χ0v) is 21.9. The third kappa shape index (κ3) is 3.97. The number of hydrogen-bond donors (Lipinski definition) is 0. The lowest BCUT2D eigenvalue weighted by Gasteiger charge is -2.08. The maximum absolute atomic E-state index is 4.02. The molecule has 0 saturated heterocycles. The SMILES string of the molecule is C=C/C=c1\c(=C/Cc2ccc3c4c(n(-c5ccccc5)c3c2)=CCCC=4)n(-c2ccccc2)c2ccccc12. The van der Waals surface area contributed by atoms with Crippen LogP contribution in [0.5, 0.6) is 0 Å². The normalized spacial score (nSPS) is 13.8. The minimum Gasteiger partial charge on any atom is -0.310 e. The molecule has 0 fully saturated rings. The molecule has 39 heavy (non-hydrogen) atoms. The van der Waals surface area contributed by atoms with E-state index in [2.05, 4.69) is 143 Å². The van der Waals surface area contributed by atoms with Crippen molar-refractivity contribution in [3.8, 4) is 11.4 Å². The monoisotopic (exact) mass is 502 g/mol. The molecule has 2 heteroatoms. The zero-order chi connectivity index (χ0) is 26.2. The molecule has 1 aliphatic carbocycles. The summed E-state index contributed by atoms with van der Waals surface area (Å²) in [5.41, 5.74) is 6.14. The van der Waals surface area contributed by atoms with Crippen molar-refractivity contribution in [1.29, 1.82) is 0 Å². The Hall–Kier alpha value is -4.82. The number of hydrogen-bond acceptors (Lipinski definition) is 0. The predicted molar refractivity (Wildman–Crippen MR) is 166 cm³/mol. The number of fused-ring (bicyclic) bond motifs is 4. The Balaban J connectivity index is 1.45. The van der Waals surface area contributed by atoms with E-state index in [1.807, 2.05) is 6.08 Å². The summed E-state index contributed by atoms with van der Waals surface area (Å²) < 4.78 is 4.81. The number of rotatable bonds is 5. The van der Waals surface area contributed by atoms with E-state index in [0.717, 1.165) is 24.9 Å². The van der Waals surface area contributed by atoms with Crippen molar-refractivity contribution in [3.05, 3.63) is 142 Å². The number of nitrogens with zero attached hydrogens (tertiary/aromatic N) is 2. The van der Waals surface area contributed by atoms with Crippen molar-refractivity contribution in [3.63, 3.8) is 0 Å². The molecule has 0 saturated carbocycles. The summed E-state index contributed by atoms with van der Waals surface area (Å²) in [5.74, 6) is 0. The number of para-hydroxylation sites is 3. The summed E-state index contributed by atoms with van der Waals surface area (Å²) >= 11 is 0. The minimum absolute atomic E-state index is 0.829. The quantitative estimate of drug-likeness (QED) is 0.277. The Morgan fingerprint density at radius 2 is 1.36 bits per heavy atom. The van der Waals surface area contributed by atoms with Gasteiger partial charge in [0.1, 0.15) is 0 Å². The van der Waals surface area contributed by atoms with Crippen molar-refractivity contribution in [1.82, 2.24) is 9.13 Å². The summed E-state index contributed by atoms with van der Waals surface area (Å²) in [6, 6.07) is 37.0. The molecule has 0 N–H and O–H groups in total. The molecule has 2 aromatic heterocycles. The first kappa shape index (κ1) is 23.3. The molecule has 188 valence electrons. The van der Waals surface area contributed by atoms with Crippen LogP contribution in [0.15, 0.2) is 116 Å². The molecule has 7 rings (SSSR count). The van der Waals surface area contributed by atoms with E-state index in [9.17, 15) is 0 Å². The van der Waals surface area contributed by atoms with Gasteiger partial charge in [0.2, 0.25) is 0 Å². The van der Waals surface area contributed by atoms with E-state index in [1.54, 1.807) is 0 Å². The minimum atomic E-state index is 0.829. The first-order valence-electron chi connectivity index (χ1n) is 13.7. The third-order valence-corrected chi connectivity index (χ3v) is 7.76. The van der Waals surface area contributed by atoms with E-state index >= 15 is 0 Å². The Bertz CT molecular complexity index is 2090. The lowest BCUT2D eigenvalue weighted by atomic mass is 10.1. The predicted octanol–water partition coefficient (Wildman–Crippen LogP) is 5.92. The molecule has 0 bridgehead atoms. The van der Waals surface area contributed by atoms with E-state index in [0.29, 0.717) is 0 Å². The number of benzene rings is 4. The Labute approximate surface area is 228 Å². The van der Waals surface area contributed by atoms with Crippen LogP contribution in [0.2, 0.25) is 0 Å². The highest BCUT2D eigenvalue weighted by Crippen LogP contribution is 2.19. The van der Waals surface area contributed by atoms with Gasteiger partial charge in [-0.05, 0) is 61.2 Å². The average molecular weight is 503 g/mol. The van der Waals surface area contributed by atoms with Crippen LogP contribution < -0.4 is 21.1 Å². The maximum atomic E-state index is 4.02. The van der Waals surface area contributed by atoms with Crippen LogP contribution in [0.3, 0.4) is 0 Å². The highest BCUT2D eigenvalue weighted by Gasteiger charge is 2.12. The van der Waals surface area contributed by atoms with E-state index in [-0.39, 0.29) is 0 Å². The third-order valence-electron chi connectivity index (χ3n) is 7.76. The first-order valence-corrected chi connectivity index (χ1v) is 13.7. The fourth-order valence-electron chi connectivity index (χ4n) is 6.07. The molecule has 0 atom stereocenters. The van der Waals surface area contributed by atoms with Crippen LogP contribution in [-0.2, 0) is 6.42 Å². The summed E-state index contributed by atoms with van der Waals surface area (Å²) in [5, 5.41) is 7.64. The van der Waals surface area contributed by atoms with Crippen molar-refractivity contribution in [2.75, 3.05) is 0 Å². The van der Waals surface area contributed by atoms with E-state index < -0.39 is 0 Å². The second-order valence-corrected chi connectivity index (χ2v) is 10.1. The van der Waals surface area contributed by atoms with Crippen LogP contribution in [0.4, 0.5) is 0 Å². The van der Waals surface area contributed by atoms with Crippen LogP contribution in [0.25, 0.3) is 57.5 Å². The molecule has 0 unspecified atom stereocenters. The first-order chi connectivity index (χ1) is 19.3. The molecule has 0 spiro atoms. The van der Waals surface area contributed by atoms with Gasteiger partial charge in [0.15, 0.2) is 0 Å². The number of allylic oxidation sites excluding steroid dienone is 1. The average Bonchev–Trinajstić information content (AvgIpc) is 3.49. The summed E-state index contributed by atoms with van der Waals surface area (Å²) in [7, 11) is 0. The van der Waals surface area contributed by atoms with Gasteiger partial charge in [0.25, 0.3) is 0 Å². The summed E-state index contributed by atoms with van der Waals surface area (Å²) in [4.78, 5) is 0. The molecule has 2 heterocycles. The molecule has 1 aliphatic rings. The van der Waals surface area contributed by atoms with Gasteiger partial charge >= 0.3 is 0 Å². The van der Waals surface area contributed by atoms with Crippen LogP contribution in [0.1, 0.15) is 18.4 Å². The Kier molecular flexibility index (Phi) is 5.86. The Morgan fingerprint density at radius 1 is 0.667 bits per heavy atom. The van der Waals surface area contributed by atoms with Gasteiger partial charge < -0.3 is 9.13 Å². The fraction of sp³-hybridized carbons (Fsp3) is 0.0811. The molecule has 0 aliphatic heterocycles. The van der Waals surface area contributed by atoms with Gasteiger partial charge in [-0.2, -0.15) is 0 Å². The van der Waals surface area contributed by atoms with E-state index in [4.69, 9.17) is 0 Å². The van der Waals surface area contributed by atoms with Gasteiger partial charge in [-0.1, -0.05) is 104 Å². The molecule has 6 aromatic rings. The van der Waals surface area contributed by atoms with Gasteiger partial charge in [0, 0.05) is 37.9 Å². The lowest BCUT2D eigenvalue weighted by Crippen LogP contribution is -2.30. The molecule has 0 amide bonds. The van der Waals surface area contributed by atoms with E-state index in [1.165, 1.54) is 54.2 Å². The molecular formula is C37H30N2. The fourth-order valence-corrected chi connectivity index (χ4v) is 6.07. The molecule has 2 nitrogen and oxygen atoms in total. The van der Waals surface area contributed by atoms with Crippen molar-refractivity contribution < 1.29 is 0 Å². The molecule has 0 radical (unpaired) electrons. The highest BCUT2D eigenvalue weighted by atomic mass is 15.0. The highest BCUT2D eigenvalue weighted by molar-refractivity contribution is 5.86. The molecular weight excluding hydrogens is 472 g/mol. The van der Waals surface area contributed by atoms with Crippen molar-refractivity contribution in [2.24, 2.45) is 0 Å². The summed E-state index contributed by atoms with van der Waals surface area (Å²) in [6.45, 7) is 4.02.